The van der Waals surface area contributed by atoms with Gasteiger partial charge in [-0.1, -0.05) is 35.9 Å². The molecule has 0 fully saturated rings. The molecule has 0 bridgehead atoms. The molecule has 2 aromatic carbocycles. The number of phosphoric ester groups is 1. The Morgan fingerprint density at radius 2 is 1.57 bits per heavy atom. The van der Waals surface area contributed by atoms with Crippen LogP contribution in [0.5, 0.6) is 5.75 Å². The van der Waals surface area contributed by atoms with E-state index in [2.05, 4.69) is 4.52 Å². The molecule has 2 rings (SSSR count). The van der Waals surface area contributed by atoms with E-state index in [9.17, 15) is 14.3 Å². The number of para-hydroxylation sites is 1. The van der Waals surface area contributed by atoms with Gasteiger partial charge in [-0.15, -0.1) is 0 Å². The van der Waals surface area contributed by atoms with E-state index in [-0.39, 0.29) is 30.2 Å². The van der Waals surface area contributed by atoms with Crippen LogP contribution in [0.1, 0.15) is 27.0 Å². The van der Waals surface area contributed by atoms with E-state index in [0.29, 0.717) is 11.1 Å². The fraction of sp³-hybridized carbons (Fsp3) is 0.188. The second-order valence-corrected chi connectivity index (χ2v) is 6.26. The Morgan fingerprint density at radius 1 is 1.04 bits per heavy atom. The number of hydrogen-bond acceptors (Lipinski definition) is 5. The van der Waals surface area contributed by atoms with Crippen molar-refractivity contribution in [1.29, 1.82) is 0 Å². The van der Waals surface area contributed by atoms with E-state index in [0.717, 1.165) is 5.56 Å². The third kappa shape index (κ3) is 5.26. The number of carbonyl (C=O) groups excluding carboxylic acids is 1. The summed E-state index contributed by atoms with van der Waals surface area (Å²) in [6.45, 7) is 5.35. The van der Waals surface area contributed by atoms with Gasteiger partial charge in [-0.25, -0.2) is 9.36 Å². The second-order valence-electron chi connectivity index (χ2n) is 5.00. The fourth-order valence-electron chi connectivity index (χ4n) is 2.28. The Hall–Kier alpha value is -1.50. The van der Waals surface area contributed by atoms with Gasteiger partial charge in [0.2, 0.25) is 0 Å². The van der Waals surface area contributed by atoms with Crippen molar-refractivity contribution in [3.05, 3.63) is 64.7 Å². The van der Waals surface area contributed by atoms with E-state index >= 15 is 0 Å². The molecule has 1 atom stereocenters. The van der Waals surface area contributed by atoms with Crippen LogP contribution in [0.15, 0.2) is 42.5 Å². The maximum Gasteiger partial charge on any atom is 1.00 e. The van der Waals surface area contributed by atoms with Crippen molar-refractivity contribution >= 4 is 13.8 Å². The van der Waals surface area contributed by atoms with Crippen molar-refractivity contribution in [2.24, 2.45) is 0 Å². The van der Waals surface area contributed by atoms with Crippen LogP contribution in [0, 0.1) is 20.8 Å². The number of hydrogen-bond donors (Lipinski definition) is 0. The molecule has 2 aromatic rings. The Labute approximate surface area is 147 Å². The van der Waals surface area contributed by atoms with Gasteiger partial charge in [0.1, 0.15) is 5.75 Å². The molecule has 0 aliphatic heterocycles. The minimum atomic E-state index is -4.79. The van der Waals surface area contributed by atoms with Crippen molar-refractivity contribution in [1.82, 2.24) is 0 Å². The van der Waals surface area contributed by atoms with Gasteiger partial charge < -0.3 is 13.9 Å². The molecular formula is C16H16LiO5P. The molecule has 0 heterocycles. The van der Waals surface area contributed by atoms with Gasteiger partial charge in [-0.2, -0.15) is 0 Å². The van der Waals surface area contributed by atoms with Gasteiger partial charge in [-0.3, -0.25) is 0 Å². The summed E-state index contributed by atoms with van der Waals surface area (Å²) in [7, 11) is -4.79. The standard InChI is InChI=1S/C16H17O5P.Li/c1-11-9-12(2)15(13(3)10-11)16(17)21-22(18,19)20-14-7-5-4-6-8-14;/h4-10H,1-3H3,(H,18,19);/q;+1/p-1. The molecule has 1 unspecified atom stereocenters. The summed E-state index contributed by atoms with van der Waals surface area (Å²) in [4.78, 5) is 24.0. The molecule has 0 N–H and O–H groups in total. The minimum absolute atomic E-state index is 0. The average Bonchev–Trinajstić information content (AvgIpc) is 2.36. The maximum atomic E-state index is 12.1. The summed E-state index contributed by atoms with van der Waals surface area (Å²) in [5, 5.41) is 0. The molecule has 0 amide bonds. The van der Waals surface area contributed by atoms with Crippen molar-refractivity contribution in [2.75, 3.05) is 0 Å². The van der Waals surface area contributed by atoms with Gasteiger partial charge in [0.15, 0.2) is 0 Å². The van der Waals surface area contributed by atoms with Crippen molar-refractivity contribution in [2.45, 2.75) is 20.8 Å². The Morgan fingerprint density at radius 3 is 2.09 bits per heavy atom. The zero-order valence-corrected chi connectivity index (χ0v) is 14.4. The van der Waals surface area contributed by atoms with Crippen molar-refractivity contribution in [3.8, 4) is 5.75 Å². The van der Waals surface area contributed by atoms with Gasteiger partial charge in [0, 0.05) is 0 Å². The van der Waals surface area contributed by atoms with Crippen molar-refractivity contribution in [3.63, 3.8) is 0 Å². The molecule has 0 radical (unpaired) electrons. The topological polar surface area (TPSA) is 75.7 Å². The molecule has 0 aliphatic carbocycles. The zero-order chi connectivity index (χ0) is 16.3. The summed E-state index contributed by atoms with van der Waals surface area (Å²) in [6, 6.07) is 11.4. The number of rotatable bonds is 4. The quantitative estimate of drug-likeness (QED) is 0.597. The normalized spacial score (nSPS) is 12.7. The van der Waals surface area contributed by atoms with E-state index < -0.39 is 13.8 Å². The molecule has 0 spiro atoms. The van der Waals surface area contributed by atoms with Crippen molar-refractivity contribution < 1.29 is 42.2 Å². The van der Waals surface area contributed by atoms with E-state index in [1.807, 2.05) is 6.92 Å². The molecule has 0 saturated carbocycles. The van der Waals surface area contributed by atoms with Crippen LogP contribution in [0.25, 0.3) is 0 Å². The van der Waals surface area contributed by atoms with Crippen LogP contribution in [0.4, 0.5) is 0 Å². The second kappa shape index (κ2) is 7.85. The van der Waals surface area contributed by atoms with Gasteiger partial charge in [-0.05, 0) is 44.0 Å². The Kier molecular flexibility index (Phi) is 6.67. The first kappa shape index (κ1) is 19.5. The molecule has 0 saturated heterocycles. The van der Waals surface area contributed by atoms with Gasteiger partial charge >= 0.3 is 32.7 Å². The van der Waals surface area contributed by atoms with E-state index in [1.54, 1.807) is 44.2 Å². The van der Waals surface area contributed by atoms with Crippen LogP contribution in [-0.4, -0.2) is 5.97 Å². The first-order valence-corrected chi connectivity index (χ1v) is 8.12. The summed E-state index contributed by atoms with van der Waals surface area (Å²) in [5.74, 6) is -0.852. The first-order valence-electron chi connectivity index (χ1n) is 6.66. The first-order chi connectivity index (χ1) is 10.3. The van der Waals surface area contributed by atoms with Crippen LogP contribution in [0.2, 0.25) is 0 Å². The molecule has 7 heteroatoms. The maximum absolute atomic E-state index is 12.1. The fourth-order valence-corrected chi connectivity index (χ4v) is 2.99. The molecular weight excluding hydrogens is 310 g/mol. The summed E-state index contributed by atoms with van der Waals surface area (Å²) >= 11 is 0. The van der Waals surface area contributed by atoms with Crippen LogP contribution >= 0.6 is 7.82 Å². The summed E-state index contributed by atoms with van der Waals surface area (Å²) < 4.78 is 21.2. The minimum Gasteiger partial charge on any atom is -0.736 e. The molecule has 116 valence electrons. The van der Waals surface area contributed by atoms with Gasteiger partial charge in [0.05, 0.1) is 5.56 Å². The zero-order valence-electron chi connectivity index (χ0n) is 13.5. The summed E-state index contributed by atoms with van der Waals surface area (Å²) in [5.41, 5.74) is 2.53. The number of benzene rings is 2. The van der Waals surface area contributed by atoms with E-state index in [1.165, 1.54) is 12.1 Å². The average molecular weight is 326 g/mol. The molecule has 5 nitrogen and oxygen atoms in total. The Bertz CT molecular complexity index is 722. The SMILES string of the molecule is Cc1cc(C)c(C(=O)OP(=O)([O-])Oc2ccccc2)c(C)c1.[Li+]. The molecule has 23 heavy (non-hydrogen) atoms. The molecule has 0 aromatic heterocycles. The van der Waals surface area contributed by atoms with Crippen LogP contribution in [0.3, 0.4) is 0 Å². The number of carbonyl (C=O) groups is 1. The predicted molar refractivity (Wildman–Crippen MR) is 80.7 cm³/mol. The number of aryl methyl sites for hydroxylation is 3. The van der Waals surface area contributed by atoms with Crippen LogP contribution < -0.4 is 28.3 Å². The van der Waals surface area contributed by atoms with Gasteiger partial charge in [0.25, 0.3) is 0 Å². The third-order valence-corrected chi connectivity index (χ3v) is 3.86. The monoisotopic (exact) mass is 326 g/mol. The molecule has 0 aliphatic rings. The largest absolute Gasteiger partial charge is 1.00 e. The predicted octanol–water partition coefficient (Wildman–Crippen LogP) is 0.320. The number of phosphoric acid groups is 1. The third-order valence-electron chi connectivity index (χ3n) is 3.04. The Balaban J connectivity index is 0.00000264. The van der Waals surface area contributed by atoms with Crippen LogP contribution in [-0.2, 0) is 9.09 Å². The summed E-state index contributed by atoms with van der Waals surface area (Å²) in [6.07, 6.45) is 0. The smallest absolute Gasteiger partial charge is 0.736 e. The van der Waals surface area contributed by atoms with E-state index in [4.69, 9.17) is 4.52 Å².